The average Bonchev–Trinajstić information content (AvgIpc) is 2.36. The summed E-state index contributed by atoms with van der Waals surface area (Å²) < 4.78 is 0. The minimum atomic E-state index is 0. The van der Waals surface area contributed by atoms with Crippen molar-refractivity contribution >= 4 is 42.4 Å². The van der Waals surface area contributed by atoms with Gasteiger partial charge in [-0.1, -0.05) is 0 Å². The lowest BCUT2D eigenvalue weighted by Crippen LogP contribution is -2.36. The Morgan fingerprint density at radius 2 is 1.84 bits per heavy atom. The van der Waals surface area contributed by atoms with E-state index in [1.165, 1.54) is 17.2 Å². The van der Waals surface area contributed by atoms with Crippen molar-refractivity contribution in [2.75, 3.05) is 29.5 Å². The van der Waals surface area contributed by atoms with Gasteiger partial charge in [-0.25, -0.2) is 9.97 Å². The molecule has 19 heavy (non-hydrogen) atoms. The van der Waals surface area contributed by atoms with E-state index in [4.69, 9.17) is 5.73 Å². The molecular formula is C12H20Cl2N4S. The van der Waals surface area contributed by atoms with Gasteiger partial charge >= 0.3 is 0 Å². The third-order valence-electron chi connectivity index (χ3n) is 3.60. The van der Waals surface area contributed by atoms with Crippen LogP contribution in [0.25, 0.3) is 0 Å². The van der Waals surface area contributed by atoms with Gasteiger partial charge in [0.1, 0.15) is 12.1 Å². The van der Waals surface area contributed by atoms with Crippen molar-refractivity contribution in [1.82, 2.24) is 9.97 Å². The molecule has 0 unspecified atom stereocenters. The first-order valence-electron chi connectivity index (χ1n) is 6.23. The van der Waals surface area contributed by atoms with E-state index >= 15 is 0 Å². The van der Waals surface area contributed by atoms with Crippen LogP contribution in [0.5, 0.6) is 0 Å². The first kappa shape index (κ1) is 16.8. The first-order valence-corrected chi connectivity index (χ1v) is 7.38. The molecule has 1 saturated heterocycles. The molecule has 1 saturated carbocycles. The van der Waals surface area contributed by atoms with Gasteiger partial charge in [-0.05, 0) is 12.8 Å². The molecule has 1 aromatic heterocycles. The molecule has 2 N–H and O–H groups in total. The Balaban J connectivity index is 0.000000902. The van der Waals surface area contributed by atoms with Crippen molar-refractivity contribution in [2.24, 2.45) is 5.73 Å². The number of aromatic nitrogens is 2. The van der Waals surface area contributed by atoms with E-state index in [-0.39, 0.29) is 24.8 Å². The predicted molar refractivity (Wildman–Crippen MR) is 86.0 cm³/mol. The zero-order valence-corrected chi connectivity index (χ0v) is 13.1. The Morgan fingerprint density at radius 3 is 2.47 bits per heavy atom. The van der Waals surface area contributed by atoms with Crippen molar-refractivity contribution in [3.63, 3.8) is 0 Å². The number of hydrogen-bond donors (Lipinski definition) is 1. The van der Waals surface area contributed by atoms with E-state index < -0.39 is 0 Å². The Hall–Kier alpha value is -0.230. The molecule has 0 amide bonds. The number of nitrogens with two attached hydrogens (primary N) is 1. The average molecular weight is 323 g/mol. The minimum absolute atomic E-state index is 0. The summed E-state index contributed by atoms with van der Waals surface area (Å²) in [6.07, 6.45) is 3.86. The van der Waals surface area contributed by atoms with E-state index in [1.54, 1.807) is 6.33 Å². The molecule has 3 rings (SSSR count). The number of anilines is 1. The van der Waals surface area contributed by atoms with Crippen LogP contribution in [0.4, 0.5) is 5.82 Å². The van der Waals surface area contributed by atoms with E-state index in [9.17, 15) is 0 Å². The van der Waals surface area contributed by atoms with Crippen LogP contribution in [0.1, 0.15) is 24.5 Å². The summed E-state index contributed by atoms with van der Waals surface area (Å²) in [5.74, 6) is 4.06. The SMILES string of the molecule is Cl.Cl.NC1CC(c2cc(N3CCSCC3)ncn2)C1. The molecule has 2 fully saturated rings. The Bertz CT molecular complexity index is 395. The molecule has 0 spiro atoms. The van der Waals surface area contributed by atoms with Crippen LogP contribution in [0.3, 0.4) is 0 Å². The van der Waals surface area contributed by atoms with Gasteiger partial charge < -0.3 is 10.6 Å². The maximum Gasteiger partial charge on any atom is 0.132 e. The summed E-state index contributed by atoms with van der Waals surface area (Å²) in [5.41, 5.74) is 7.01. The lowest BCUT2D eigenvalue weighted by molar-refractivity contribution is 0.345. The summed E-state index contributed by atoms with van der Waals surface area (Å²) in [4.78, 5) is 11.2. The highest BCUT2D eigenvalue weighted by molar-refractivity contribution is 7.99. The summed E-state index contributed by atoms with van der Waals surface area (Å²) >= 11 is 2.02. The normalized spacial score (nSPS) is 25.8. The molecule has 0 atom stereocenters. The number of nitrogens with zero attached hydrogens (tertiary/aromatic N) is 3. The Kier molecular flexibility index (Phi) is 6.66. The van der Waals surface area contributed by atoms with Crippen LogP contribution in [0.2, 0.25) is 0 Å². The quantitative estimate of drug-likeness (QED) is 0.903. The van der Waals surface area contributed by atoms with Crippen LogP contribution in [-0.4, -0.2) is 40.6 Å². The molecule has 1 aliphatic carbocycles. The lowest BCUT2D eigenvalue weighted by Gasteiger charge is -2.33. The second kappa shape index (κ2) is 7.53. The van der Waals surface area contributed by atoms with Crippen LogP contribution in [0, 0.1) is 0 Å². The van der Waals surface area contributed by atoms with Gasteiger partial charge in [-0.2, -0.15) is 11.8 Å². The molecule has 0 aromatic carbocycles. The molecule has 7 heteroatoms. The van der Waals surface area contributed by atoms with Crippen molar-refractivity contribution in [3.05, 3.63) is 18.1 Å². The minimum Gasteiger partial charge on any atom is -0.355 e. The fourth-order valence-electron chi connectivity index (χ4n) is 2.45. The smallest absolute Gasteiger partial charge is 0.132 e. The van der Waals surface area contributed by atoms with Gasteiger partial charge in [-0.3, -0.25) is 0 Å². The fraction of sp³-hybridized carbons (Fsp3) is 0.667. The van der Waals surface area contributed by atoms with Crippen LogP contribution in [0.15, 0.2) is 12.4 Å². The Morgan fingerprint density at radius 1 is 1.16 bits per heavy atom. The van der Waals surface area contributed by atoms with E-state index in [2.05, 4.69) is 20.9 Å². The summed E-state index contributed by atoms with van der Waals surface area (Å²) in [5, 5.41) is 0. The fourth-order valence-corrected chi connectivity index (χ4v) is 3.36. The standard InChI is InChI=1S/C12H18N4S.2ClH/c13-10-5-9(6-10)11-7-12(15-8-14-11)16-1-3-17-4-2-16;;/h7-10H,1-6,13H2;2*1H. The maximum atomic E-state index is 5.83. The second-order valence-corrected chi connectivity index (χ2v) is 6.05. The molecule has 0 radical (unpaired) electrons. The number of hydrogen-bond acceptors (Lipinski definition) is 5. The third kappa shape index (κ3) is 3.88. The van der Waals surface area contributed by atoms with E-state index in [0.717, 1.165) is 31.7 Å². The van der Waals surface area contributed by atoms with Crippen molar-refractivity contribution < 1.29 is 0 Å². The van der Waals surface area contributed by atoms with Gasteiger partial charge in [-0.15, -0.1) is 24.8 Å². The molecular weight excluding hydrogens is 303 g/mol. The van der Waals surface area contributed by atoms with E-state index in [1.807, 2.05) is 11.8 Å². The molecule has 1 aliphatic heterocycles. The van der Waals surface area contributed by atoms with Gasteiger partial charge in [0.25, 0.3) is 0 Å². The first-order chi connectivity index (χ1) is 8.33. The van der Waals surface area contributed by atoms with Crippen LogP contribution in [-0.2, 0) is 0 Å². The van der Waals surface area contributed by atoms with Crippen molar-refractivity contribution in [1.29, 1.82) is 0 Å². The van der Waals surface area contributed by atoms with Gasteiger partial charge in [0.15, 0.2) is 0 Å². The number of halogens is 2. The number of thioether (sulfide) groups is 1. The van der Waals surface area contributed by atoms with E-state index in [0.29, 0.717) is 12.0 Å². The van der Waals surface area contributed by atoms with Crippen LogP contribution < -0.4 is 10.6 Å². The monoisotopic (exact) mass is 322 g/mol. The number of rotatable bonds is 2. The highest BCUT2D eigenvalue weighted by atomic mass is 35.5. The van der Waals surface area contributed by atoms with Crippen molar-refractivity contribution in [3.8, 4) is 0 Å². The molecule has 4 nitrogen and oxygen atoms in total. The molecule has 2 heterocycles. The zero-order valence-electron chi connectivity index (χ0n) is 10.7. The molecule has 0 bridgehead atoms. The third-order valence-corrected chi connectivity index (χ3v) is 4.54. The second-order valence-electron chi connectivity index (χ2n) is 4.83. The molecule has 1 aromatic rings. The summed E-state index contributed by atoms with van der Waals surface area (Å²) in [6, 6.07) is 2.54. The maximum absolute atomic E-state index is 5.83. The zero-order chi connectivity index (χ0) is 11.7. The summed E-state index contributed by atoms with van der Waals surface area (Å²) in [6.45, 7) is 2.20. The summed E-state index contributed by atoms with van der Waals surface area (Å²) in [7, 11) is 0. The lowest BCUT2D eigenvalue weighted by atomic mass is 9.78. The Labute approximate surface area is 130 Å². The van der Waals surface area contributed by atoms with Crippen LogP contribution >= 0.6 is 36.6 Å². The van der Waals surface area contributed by atoms with Gasteiger partial charge in [0.2, 0.25) is 0 Å². The van der Waals surface area contributed by atoms with Crippen molar-refractivity contribution in [2.45, 2.75) is 24.8 Å². The van der Waals surface area contributed by atoms with Gasteiger partial charge in [0, 0.05) is 48.3 Å². The highest BCUT2D eigenvalue weighted by Crippen LogP contribution is 2.35. The largest absolute Gasteiger partial charge is 0.355 e. The van der Waals surface area contributed by atoms with Gasteiger partial charge in [0.05, 0.1) is 0 Å². The topological polar surface area (TPSA) is 55.0 Å². The highest BCUT2D eigenvalue weighted by Gasteiger charge is 2.29. The predicted octanol–water partition coefficient (Wildman–Crippen LogP) is 2.08. The molecule has 2 aliphatic rings. The molecule has 108 valence electrons.